The fourth-order valence-electron chi connectivity index (χ4n) is 3.93. The van der Waals surface area contributed by atoms with Crippen LogP contribution in [0.1, 0.15) is 37.7 Å². The van der Waals surface area contributed by atoms with Crippen molar-refractivity contribution in [3.63, 3.8) is 0 Å². The van der Waals surface area contributed by atoms with Crippen molar-refractivity contribution >= 4 is 22.0 Å². The molecule has 1 aromatic heterocycles. The highest BCUT2D eigenvalue weighted by molar-refractivity contribution is 7.90. The second-order valence-electron chi connectivity index (χ2n) is 9.01. The third-order valence-electron chi connectivity index (χ3n) is 5.82. The number of nitrogens with zero attached hydrogens (tertiary/aromatic N) is 2. The SMILES string of the molecule is O=C(O)C(F)(F)F.O=C(O)C(F)(F)F.O=S(=O)(N[C@H]1CCO[C@]2(CCN(Cc3ccncc3)C2)C1)C1CC1. The van der Waals surface area contributed by atoms with Gasteiger partial charge in [0.25, 0.3) is 0 Å². The Morgan fingerprint density at radius 3 is 2.05 bits per heavy atom. The van der Waals surface area contributed by atoms with Crippen LogP contribution < -0.4 is 4.72 Å². The van der Waals surface area contributed by atoms with Crippen LogP contribution >= 0.6 is 0 Å². The second kappa shape index (κ2) is 12.6. The lowest BCUT2D eigenvalue weighted by Gasteiger charge is -2.38. The summed E-state index contributed by atoms with van der Waals surface area (Å²) in [4.78, 5) is 24.2. The maximum atomic E-state index is 12.2. The molecular weight excluding hydrogens is 552 g/mol. The minimum absolute atomic E-state index is 0.0187. The standard InChI is InChI=1S/C17H25N3O3S.2C2HF3O2/c21-24(22,16-1-2-16)19-15-5-10-23-17(11-15)6-9-20(13-17)12-14-3-7-18-8-4-14;2*3-2(4,5)1(6)7/h3-4,7-8,15-16,19H,1-2,5-6,9-13H2;2*(H,6,7)/t15-,17+;;/m0../s1. The summed E-state index contributed by atoms with van der Waals surface area (Å²) in [7, 11) is -3.12. The molecule has 2 saturated heterocycles. The fourth-order valence-corrected chi connectivity index (χ4v) is 5.54. The van der Waals surface area contributed by atoms with Crippen LogP contribution in [0.3, 0.4) is 0 Å². The molecule has 0 unspecified atom stereocenters. The Labute approximate surface area is 214 Å². The van der Waals surface area contributed by atoms with Gasteiger partial charge in [-0.25, -0.2) is 22.7 Å². The van der Waals surface area contributed by atoms with E-state index in [0.717, 1.165) is 51.7 Å². The largest absolute Gasteiger partial charge is 0.490 e. The fraction of sp³-hybridized carbons (Fsp3) is 0.667. The van der Waals surface area contributed by atoms with Crippen LogP contribution in [-0.2, 0) is 30.9 Å². The van der Waals surface area contributed by atoms with E-state index in [1.807, 2.05) is 24.5 Å². The quantitative estimate of drug-likeness (QED) is 0.448. The molecule has 0 aromatic carbocycles. The van der Waals surface area contributed by atoms with Crippen molar-refractivity contribution < 1.29 is 59.3 Å². The van der Waals surface area contributed by atoms with E-state index < -0.39 is 34.3 Å². The molecule has 1 aromatic rings. The molecule has 3 fully saturated rings. The third kappa shape index (κ3) is 10.3. The van der Waals surface area contributed by atoms with E-state index >= 15 is 0 Å². The molecule has 1 aliphatic carbocycles. The number of nitrogens with one attached hydrogen (secondary N) is 1. The topological polar surface area (TPSA) is 146 Å². The first-order valence-electron chi connectivity index (χ1n) is 11.3. The molecule has 3 aliphatic rings. The smallest absolute Gasteiger partial charge is 0.475 e. The van der Waals surface area contributed by atoms with Gasteiger partial charge < -0.3 is 14.9 Å². The highest BCUT2D eigenvalue weighted by atomic mass is 32.2. The minimum atomic E-state index is -5.08. The van der Waals surface area contributed by atoms with Crippen LogP contribution in [0.4, 0.5) is 26.3 Å². The van der Waals surface area contributed by atoms with E-state index in [2.05, 4.69) is 14.6 Å². The molecule has 3 N–H and O–H groups in total. The van der Waals surface area contributed by atoms with Gasteiger partial charge in [-0.2, -0.15) is 26.3 Å². The van der Waals surface area contributed by atoms with Crippen molar-refractivity contribution in [2.24, 2.45) is 0 Å². The van der Waals surface area contributed by atoms with Gasteiger partial charge in [0.2, 0.25) is 10.0 Å². The lowest BCUT2D eigenvalue weighted by molar-refractivity contribution is -0.193. The summed E-state index contributed by atoms with van der Waals surface area (Å²) in [6, 6.07) is 4.10. The van der Waals surface area contributed by atoms with Gasteiger partial charge in [0.05, 0.1) is 10.9 Å². The van der Waals surface area contributed by atoms with Gasteiger partial charge in [0, 0.05) is 44.7 Å². The molecular formula is C21H27F6N3O7S. The minimum Gasteiger partial charge on any atom is -0.475 e. The van der Waals surface area contributed by atoms with Crippen molar-refractivity contribution in [2.45, 2.75) is 67.9 Å². The number of hydrogen-bond donors (Lipinski definition) is 3. The summed E-state index contributed by atoms with van der Waals surface area (Å²) in [6.07, 6.45) is -2.38. The average molecular weight is 580 g/mol. The first-order valence-corrected chi connectivity index (χ1v) is 12.8. The van der Waals surface area contributed by atoms with Crippen molar-refractivity contribution in [2.75, 3.05) is 19.7 Å². The number of carboxylic acid groups (broad SMARTS) is 2. The van der Waals surface area contributed by atoms with Gasteiger partial charge in [-0.15, -0.1) is 0 Å². The number of hydrogen-bond acceptors (Lipinski definition) is 7. The molecule has 10 nitrogen and oxygen atoms in total. The molecule has 1 saturated carbocycles. The van der Waals surface area contributed by atoms with Gasteiger partial charge in [0.15, 0.2) is 0 Å². The lowest BCUT2D eigenvalue weighted by atomic mass is 9.90. The van der Waals surface area contributed by atoms with E-state index in [-0.39, 0.29) is 16.9 Å². The Kier molecular flexibility index (Phi) is 10.5. The number of carboxylic acids is 2. The number of aliphatic carboxylic acids is 2. The van der Waals surface area contributed by atoms with Crippen LogP contribution in [0, 0.1) is 0 Å². The average Bonchev–Trinajstić information content (AvgIpc) is 3.59. The third-order valence-corrected chi connectivity index (χ3v) is 7.83. The molecule has 38 heavy (non-hydrogen) atoms. The Hall–Kier alpha value is -2.50. The Bertz CT molecular complexity index is 1030. The zero-order valence-electron chi connectivity index (χ0n) is 19.8. The van der Waals surface area contributed by atoms with Gasteiger partial charge in [-0.05, 0) is 49.8 Å². The normalized spacial score (nSPS) is 24.1. The van der Waals surface area contributed by atoms with E-state index in [1.54, 1.807) is 0 Å². The number of halogens is 6. The number of carbonyl (C=O) groups is 2. The predicted octanol–water partition coefficient (Wildman–Crippen LogP) is 2.55. The molecule has 3 heterocycles. The lowest BCUT2D eigenvalue weighted by Crippen LogP contribution is -2.50. The maximum absolute atomic E-state index is 12.2. The molecule has 0 amide bonds. The first-order chi connectivity index (χ1) is 17.4. The number of ether oxygens (including phenoxy) is 1. The highest BCUT2D eigenvalue weighted by Crippen LogP contribution is 2.36. The number of sulfonamides is 1. The molecule has 4 rings (SSSR count). The summed E-state index contributed by atoms with van der Waals surface area (Å²) in [5.74, 6) is -5.51. The Balaban J connectivity index is 0.000000301. The van der Waals surface area contributed by atoms with E-state index in [9.17, 15) is 34.8 Å². The first kappa shape index (κ1) is 31.7. The Morgan fingerprint density at radius 1 is 1.05 bits per heavy atom. The van der Waals surface area contributed by atoms with Crippen molar-refractivity contribution in [1.29, 1.82) is 0 Å². The summed E-state index contributed by atoms with van der Waals surface area (Å²) in [5.41, 5.74) is 1.06. The predicted molar refractivity (Wildman–Crippen MR) is 118 cm³/mol. The van der Waals surface area contributed by atoms with Crippen molar-refractivity contribution in [1.82, 2.24) is 14.6 Å². The zero-order chi connectivity index (χ0) is 28.8. The van der Waals surface area contributed by atoms with Crippen LogP contribution in [0.25, 0.3) is 0 Å². The van der Waals surface area contributed by atoms with Crippen LogP contribution in [-0.4, -0.2) is 89.4 Å². The maximum Gasteiger partial charge on any atom is 0.490 e. The molecule has 1 spiro atoms. The zero-order valence-corrected chi connectivity index (χ0v) is 20.7. The molecule has 0 radical (unpaired) electrons. The molecule has 17 heteroatoms. The van der Waals surface area contributed by atoms with Crippen molar-refractivity contribution in [3.05, 3.63) is 30.1 Å². The number of rotatable bonds is 5. The summed E-state index contributed by atoms with van der Waals surface area (Å²) in [5, 5.41) is 14.1. The van der Waals surface area contributed by atoms with E-state index in [1.165, 1.54) is 5.56 Å². The highest BCUT2D eigenvalue weighted by Gasteiger charge is 2.45. The van der Waals surface area contributed by atoms with E-state index in [0.29, 0.717) is 6.61 Å². The monoisotopic (exact) mass is 579 g/mol. The number of alkyl halides is 6. The number of pyridine rings is 1. The second-order valence-corrected chi connectivity index (χ2v) is 11.0. The van der Waals surface area contributed by atoms with Gasteiger partial charge >= 0.3 is 24.3 Å². The van der Waals surface area contributed by atoms with Crippen LogP contribution in [0.15, 0.2) is 24.5 Å². The van der Waals surface area contributed by atoms with Crippen molar-refractivity contribution in [3.8, 4) is 0 Å². The van der Waals surface area contributed by atoms with Gasteiger partial charge in [0.1, 0.15) is 0 Å². The molecule has 0 bridgehead atoms. The molecule has 2 atom stereocenters. The number of aromatic nitrogens is 1. The van der Waals surface area contributed by atoms with E-state index in [4.69, 9.17) is 24.5 Å². The van der Waals surface area contributed by atoms with Gasteiger partial charge in [-0.3, -0.25) is 9.88 Å². The molecule has 216 valence electrons. The van der Waals surface area contributed by atoms with Gasteiger partial charge in [-0.1, -0.05) is 0 Å². The Morgan fingerprint density at radius 2 is 1.58 bits per heavy atom. The summed E-state index contributed by atoms with van der Waals surface area (Å²) in [6.45, 7) is 3.40. The number of likely N-dealkylation sites (tertiary alicyclic amines) is 1. The summed E-state index contributed by atoms with van der Waals surface area (Å²) < 4.78 is 96.9. The van der Waals surface area contributed by atoms with Crippen LogP contribution in [0.2, 0.25) is 0 Å². The molecule has 2 aliphatic heterocycles. The summed E-state index contributed by atoms with van der Waals surface area (Å²) >= 11 is 0. The van der Waals surface area contributed by atoms with Crippen LogP contribution in [0.5, 0.6) is 0 Å².